The molecule has 0 spiro atoms. The summed E-state index contributed by atoms with van der Waals surface area (Å²) >= 11 is 0. The zero-order valence-corrected chi connectivity index (χ0v) is 8.13. The molecule has 0 atom stereocenters. The molecule has 0 aliphatic heterocycles. The Morgan fingerprint density at radius 3 is 1.80 bits per heavy atom. The van der Waals surface area contributed by atoms with Gasteiger partial charge in [-0.15, -0.1) is 0 Å². The van der Waals surface area contributed by atoms with Gasteiger partial charge in [-0.2, -0.15) is 0 Å². The van der Waals surface area contributed by atoms with Crippen molar-refractivity contribution in [2.24, 2.45) is 0 Å². The Morgan fingerprint density at radius 1 is 1.07 bits per heavy atom. The lowest BCUT2D eigenvalue weighted by molar-refractivity contribution is 0.418. The third kappa shape index (κ3) is 1.95. The number of halogens is 4. The normalized spacial score (nSPS) is 11.8. The van der Waals surface area contributed by atoms with Crippen LogP contribution in [0, 0.1) is 23.3 Å². The summed E-state index contributed by atoms with van der Waals surface area (Å²) in [6.45, 7) is 0. The van der Waals surface area contributed by atoms with Crippen LogP contribution in [-0.4, -0.2) is 15.5 Å². The van der Waals surface area contributed by atoms with Crippen molar-refractivity contribution >= 4 is 10.0 Å². The van der Waals surface area contributed by atoms with E-state index in [1.54, 1.807) is 4.72 Å². The van der Waals surface area contributed by atoms with Crippen LogP contribution in [0.1, 0.15) is 0 Å². The molecule has 1 rings (SSSR count). The monoisotopic (exact) mass is 243 g/mol. The van der Waals surface area contributed by atoms with Gasteiger partial charge in [-0.25, -0.2) is 30.7 Å². The minimum absolute atomic E-state index is 0.0701. The minimum Gasteiger partial charge on any atom is -0.214 e. The number of hydrogen-bond donors (Lipinski definition) is 1. The summed E-state index contributed by atoms with van der Waals surface area (Å²) in [6.07, 6.45) is 0. The highest BCUT2D eigenvalue weighted by Crippen LogP contribution is 2.23. The molecule has 1 N–H and O–H groups in total. The maximum absolute atomic E-state index is 12.9. The predicted octanol–water partition coefficient (Wildman–Crippen LogP) is 1.15. The van der Waals surface area contributed by atoms with E-state index < -0.39 is 38.2 Å². The SMILES string of the molecule is CNS(=O)(=O)c1c(F)c(F)cc(F)c1F. The molecule has 0 bridgehead atoms. The summed E-state index contributed by atoms with van der Waals surface area (Å²) in [5.41, 5.74) is 0. The first kappa shape index (κ1) is 11.9. The van der Waals surface area contributed by atoms with Gasteiger partial charge in [0.2, 0.25) is 10.0 Å². The van der Waals surface area contributed by atoms with Gasteiger partial charge in [0.25, 0.3) is 0 Å². The fraction of sp³-hybridized carbons (Fsp3) is 0.143. The molecule has 0 amide bonds. The van der Waals surface area contributed by atoms with E-state index >= 15 is 0 Å². The zero-order valence-electron chi connectivity index (χ0n) is 7.31. The van der Waals surface area contributed by atoms with E-state index in [9.17, 15) is 26.0 Å². The van der Waals surface area contributed by atoms with Crippen LogP contribution in [-0.2, 0) is 10.0 Å². The fourth-order valence-corrected chi connectivity index (χ4v) is 1.76. The van der Waals surface area contributed by atoms with Gasteiger partial charge in [-0.1, -0.05) is 0 Å². The summed E-state index contributed by atoms with van der Waals surface area (Å²) in [6, 6.07) is -0.0701. The molecular formula is C7H5F4NO2S. The number of hydrogen-bond acceptors (Lipinski definition) is 2. The van der Waals surface area contributed by atoms with E-state index in [1.807, 2.05) is 0 Å². The topological polar surface area (TPSA) is 46.2 Å². The first-order valence-corrected chi connectivity index (χ1v) is 5.06. The molecule has 0 aliphatic carbocycles. The summed E-state index contributed by atoms with van der Waals surface area (Å²) < 4.78 is 74.7. The van der Waals surface area contributed by atoms with E-state index in [2.05, 4.69) is 0 Å². The van der Waals surface area contributed by atoms with Crippen molar-refractivity contribution in [3.05, 3.63) is 29.3 Å². The maximum Gasteiger partial charge on any atom is 0.246 e. The second-order valence-corrected chi connectivity index (χ2v) is 4.33. The lowest BCUT2D eigenvalue weighted by Gasteiger charge is -2.06. The van der Waals surface area contributed by atoms with Crippen LogP contribution in [0.4, 0.5) is 17.6 Å². The lowest BCUT2D eigenvalue weighted by atomic mass is 10.3. The van der Waals surface area contributed by atoms with Crippen molar-refractivity contribution in [1.29, 1.82) is 0 Å². The second kappa shape index (κ2) is 3.78. The van der Waals surface area contributed by atoms with Crippen molar-refractivity contribution in [1.82, 2.24) is 4.72 Å². The van der Waals surface area contributed by atoms with Gasteiger partial charge in [0.05, 0.1) is 0 Å². The van der Waals surface area contributed by atoms with Gasteiger partial charge in [-0.3, -0.25) is 0 Å². The Bertz CT molecular complexity index is 474. The van der Waals surface area contributed by atoms with Crippen LogP contribution < -0.4 is 4.72 Å². The van der Waals surface area contributed by atoms with E-state index in [1.165, 1.54) is 0 Å². The molecule has 1 aromatic carbocycles. The van der Waals surface area contributed by atoms with Crippen LogP contribution in [0.2, 0.25) is 0 Å². The molecule has 8 heteroatoms. The fourth-order valence-electron chi connectivity index (χ4n) is 0.889. The zero-order chi connectivity index (χ0) is 11.8. The minimum atomic E-state index is -4.58. The molecule has 0 saturated carbocycles. The third-order valence-electron chi connectivity index (χ3n) is 1.61. The molecule has 0 aromatic heterocycles. The van der Waals surface area contributed by atoms with Crippen LogP contribution in [0.5, 0.6) is 0 Å². The Morgan fingerprint density at radius 2 is 1.47 bits per heavy atom. The van der Waals surface area contributed by atoms with Crippen molar-refractivity contribution in [3.8, 4) is 0 Å². The largest absolute Gasteiger partial charge is 0.246 e. The highest BCUT2D eigenvalue weighted by molar-refractivity contribution is 7.89. The highest BCUT2D eigenvalue weighted by atomic mass is 32.2. The van der Waals surface area contributed by atoms with Gasteiger partial charge in [0.15, 0.2) is 28.2 Å². The first-order chi connectivity index (χ1) is 6.81. The van der Waals surface area contributed by atoms with E-state index in [-0.39, 0.29) is 6.07 Å². The van der Waals surface area contributed by atoms with Crippen molar-refractivity contribution in [3.63, 3.8) is 0 Å². The van der Waals surface area contributed by atoms with E-state index in [0.717, 1.165) is 7.05 Å². The second-order valence-electron chi connectivity index (χ2n) is 2.50. The summed E-state index contributed by atoms with van der Waals surface area (Å²) in [7, 11) is -3.73. The molecule has 15 heavy (non-hydrogen) atoms. The predicted molar refractivity (Wildman–Crippen MR) is 42.5 cm³/mol. The van der Waals surface area contributed by atoms with Crippen LogP contribution in [0.3, 0.4) is 0 Å². The highest BCUT2D eigenvalue weighted by Gasteiger charge is 2.28. The van der Waals surface area contributed by atoms with E-state index in [0.29, 0.717) is 0 Å². The average molecular weight is 243 g/mol. The van der Waals surface area contributed by atoms with Gasteiger partial charge < -0.3 is 0 Å². The summed E-state index contributed by atoms with van der Waals surface area (Å²) in [5.74, 6) is -7.46. The number of nitrogens with one attached hydrogen (secondary N) is 1. The Balaban J connectivity index is 3.68. The maximum atomic E-state index is 12.9. The standard InChI is InChI=1S/C7H5F4NO2S/c1-12-15(13,14)7-5(10)3(8)2-4(9)6(7)11/h2,12H,1H3. The van der Waals surface area contributed by atoms with Gasteiger partial charge in [0.1, 0.15) is 0 Å². The smallest absolute Gasteiger partial charge is 0.214 e. The van der Waals surface area contributed by atoms with E-state index in [4.69, 9.17) is 0 Å². The molecule has 0 unspecified atom stereocenters. The molecule has 84 valence electrons. The Hall–Kier alpha value is -1.15. The van der Waals surface area contributed by atoms with Crippen molar-refractivity contribution in [2.75, 3.05) is 7.05 Å². The molecule has 0 fully saturated rings. The van der Waals surface area contributed by atoms with Gasteiger partial charge in [-0.05, 0) is 7.05 Å². The molecule has 0 saturated heterocycles. The lowest BCUT2D eigenvalue weighted by Crippen LogP contribution is -2.22. The molecule has 1 aromatic rings. The van der Waals surface area contributed by atoms with Crippen molar-refractivity contribution in [2.45, 2.75) is 4.90 Å². The number of rotatable bonds is 2. The molecule has 3 nitrogen and oxygen atoms in total. The van der Waals surface area contributed by atoms with Gasteiger partial charge >= 0.3 is 0 Å². The van der Waals surface area contributed by atoms with Crippen molar-refractivity contribution < 1.29 is 26.0 Å². The van der Waals surface area contributed by atoms with Crippen LogP contribution >= 0.6 is 0 Å². The average Bonchev–Trinajstić information content (AvgIpc) is 2.15. The number of benzene rings is 1. The molecule has 0 radical (unpaired) electrons. The quantitative estimate of drug-likeness (QED) is 0.625. The van der Waals surface area contributed by atoms with Crippen LogP contribution in [0.15, 0.2) is 11.0 Å². The third-order valence-corrected chi connectivity index (χ3v) is 3.04. The molecule has 0 heterocycles. The Kier molecular flexibility index (Phi) is 3.00. The molecule has 0 aliphatic rings. The molecular weight excluding hydrogens is 238 g/mol. The summed E-state index contributed by atoms with van der Waals surface area (Å²) in [4.78, 5) is -1.66. The van der Waals surface area contributed by atoms with Crippen LogP contribution in [0.25, 0.3) is 0 Å². The first-order valence-electron chi connectivity index (χ1n) is 3.57. The number of sulfonamides is 1. The summed E-state index contributed by atoms with van der Waals surface area (Å²) in [5, 5.41) is 0. The Labute approximate surface area is 82.8 Å². The van der Waals surface area contributed by atoms with Gasteiger partial charge in [0, 0.05) is 6.07 Å².